The van der Waals surface area contributed by atoms with Gasteiger partial charge in [-0.3, -0.25) is 0 Å². The summed E-state index contributed by atoms with van der Waals surface area (Å²) in [6.07, 6.45) is 0. The Morgan fingerprint density at radius 3 is 2.23 bits per heavy atom. The first-order valence-electron chi connectivity index (χ1n) is 3.13. The molecule has 2 nitrogen and oxygen atoms in total. The number of carbonyl (C=O) groups is 1. The molecule has 0 amide bonds. The number of hydrogen-bond donors (Lipinski definition) is 1. The minimum absolute atomic E-state index is 0. The summed E-state index contributed by atoms with van der Waals surface area (Å²) in [5.74, 6) is -0.691. The van der Waals surface area contributed by atoms with Crippen molar-refractivity contribution in [2.75, 3.05) is 0 Å². The summed E-state index contributed by atoms with van der Waals surface area (Å²) in [5.41, 5.74) is 0.934. The maximum Gasteiger partial charge on any atom is 0.336 e. The van der Waals surface area contributed by atoms with Crippen LogP contribution in [-0.4, -0.2) is 114 Å². The minimum atomic E-state index is -0.929. The SMILES string of the molecule is O=C(O)c1ccccc1CCl.[K].[K]. The van der Waals surface area contributed by atoms with Crippen LogP contribution in [0.4, 0.5) is 0 Å². The second-order valence-corrected chi connectivity index (χ2v) is 2.36. The summed E-state index contributed by atoms with van der Waals surface area (Å²) in [5, 5.41) is 8.64. The Kier molecular flexibility index (Phi) is 12.9. The predicted molar refractivity (Wildman–Crippen MR) is 54.5 cm³/mol. The maximum absolute atomic E-state index is 10.5. The molecule has 1 N–H and O–H groups in total. The molecule has 0 aliphatic heterocycles. The van der Waals surface area contributed by atoms with Gasteiger partial charge in [-0.1, -0.05) is 18.2 Å². The molecule has 13 heavy (non-hydrogen) atoms. The molecule has 0 aliphatic rings. The number of hydrogen-bond acceptors (Lipinski definition) is 1. The number of alkyl halides is 1. The van der Waals surface area contributed by atoms with Crippen LogP contribution in [0.5, 0.6) is 0 Å². The van der Waals surface area contributed by atoms with Crippen LogP contribution in [0.25, 0.3) is 0 Å². The number of rotatable bonds is 2. The van der Waals surface area contributed by atoms with Gasteiger partial charge in [0.05, 0.1) is 5.56 Å². The minimum Gasteiger partial charge on any atom is -0.478 e. The number of aromatic carboxylic acids is 1. The van der Waals surface area contributed by atoms with Crippen molar-refractivity contribution >= 4 is 120 Å². The standard InChI is InChI=1S/C8H7ClO2.2K/c9-5-6-3-1-2-4-7(6)8(10)11;;/h1-4H,5H2,(H,10,11);;. The van der Waals surface area contributed by atoms with Gasteiger partial charge in [0.25, 0.3) is 0 Å². The van der Waals surface area contributed by atoms with E-state index in [2.05, 4.69) is 0 Å². The van der Waals surface area contributed by atoms with Crippen LogP contribution in [0.2, 0.25) is 0 Å². The zero-order chi connectivity index (χ0) is 8.27. The molecule has 0 aliphatic carbocycles. The van der Waals surface area contributed by atoms with Gasteiger partial charge in [-0.05, 0) is 11.6 Å². The van der Waals surface area contributed by atoms with Crippen LogP contribution in [0.15, 0.2) is 24.3 Å². The summed E-state index contributed by atoms with van der Waals surface area (Å²) < 4.78 is 0. The fraction of sp³-hybridized carbons (Fsp3) is 0.125. The van der Waals surface area contributed by atoms with Crippen molar-refractivity contribution in [3.8, 4) is 0 Å². The first-order chi connectivity index (χ1) is 5.25. The predicted octanol–water partition coefficient (Wildman–Crippen LogP) is 1.36. The Bertz CT molecular complexity index is 279. The van der Waals surface area contributed by atoms with E-state index >= 15 is 0 Å². The normalized spacial score (nSPS) is 8.08. The third kappa shape index (κ3) is 5.77. The Morgan fingerprint density at radius 2 is 1.85 bits per heavy atom. The summed E-state index contributed by atoms with van der Waals surface area (Å²) in [6.45, 7) is 0. The van der Waals surface area contributed by atoms with Crippen LogP contribution >= 0.6 is 11.6 Å². The molecule has 0 saturated heterocycles. The first kappa shape index (κ1) is 17.6. The summed E-state index contributed by atoms with van der Waals surface area (Å²) in [4.78, 5) is 10.5. The van der Waals surface area contributed by atoms with Crippen molar-refractivity contribution in [1.29, 1.82) is 0 Å². The molecule has 1 aromatic carbocycles. The van der Waals surface area contributed by atoms with E-state index in [4.69, 9.17) is 16.7 Å². The fourth-order valence-corrected chi connectivity index (χ4v) is 1.08. The molecule has 1 rings (SSSR count). The Balaban J connectivity index is 0. The topological polar surface area (TPSA) is 37.3 Å². The molecule has 0 saturated carbocycles. The number of halogens is 1. The van der Waals surface area contributed by atoms with Gasteiger partial charge in [-0.15, -0.1) is 11.6 Å². The first-order valence-corrected chi connectivity index (χ1v) is 3.66. The van der Waals surface area contributed by atoms with Gasteiger partial charge in [-0.25, -0.2) is 4.79 Å². The van der Waals surface area contributed by atoms with E-state index in [-0.39, 0.29) is 114 Å². The van der Waals surface area contributed by atoms with E-state index in [9.17, 15) is 4.79 Å². The van der Waals surface area contributed by atoms with Crippen LogP contribution < -0.4 is 0 Å². The van der Waals surface area contributed by atoms with Crippen LogP contribution in [-0.2, 0) is 5.88 Å². The average Bonchev–Trinajstić information content (AvgIpc) is 2.04. The molecular formula is C8H7ClK2O2. The zero-order valence-electron chi connectivity index (χ0n) is 7.75. The van der Waals surface area contributed by atoms with E-state index in [1.54, 1.807) is 24.3 Å². The Labute approximate surface area is 167 Å². The van der Waals surface area contributed by atoms with Crippen LogP contribution in [0, 0.1) is 0 Å². The molecular weight excluding hydrogens is 242 g/mol. The number of carboxylic acids is 1. The molecule has 0 atom stereocenters. The van der Waals surface area contributed by atoms with E-state index in [1.165, 1.54) is 0 Å². The van der Waals surface area contributed by atoms with Crippen molar-refractivity contribution in [2.45, 2.75) is 5.88 Å². The molecule has 0 spiro atoms. The monoisotopic (exact) mass is 248 g/mol. The van der Waals surface area contributed by atoms with E-state index in [1.807, 2.05) is 0 Å². The van der Waals surface area contributed by atoms with Gasteiger partial charge in [-0.2, -0.15) is 0 Å². The second kappa shape index (κ2) is 9.48. The third-order valence-electron chi connectivity index (χ3n) is 1.39. The van der Waals surface area contributed by atoms with Crippen molar-refractivity contribution in [3.63, 3.8) is 0 Å². The number of benzene rings is 1. The zero-order valence-corrected chi connectivity index (χ0v) is 14.8. The van der Waals surface area contributed by atoms with Gasteiger partial charge in [0.2, 0.25) is 0 Å². The maximum atomic E-state index is 10.5. The molecule has 0 aromatic heterocycles. The van der Waals surface area contributed by atoms with Gasteiger partial charge in [0.15, 0.2) is 0 Å². The van der Waals surface area contributed by atoms with Gasteiger partial charge < -0.3 is 5.11 Å². The Hall–Kier alpha value is 2.25. The molecule has 2 radical (unpaired) electrons. The fourth-order valence-electron chi connectivity index (χ4n) is 0.845. The van der Waals surface area contributed by atoms with Crippen LogP contribution in [0.1, 0.15) is 15.9 Å². The van der Waals surface area contributed by atoms with Crippen LogP contribution in [0.3, 0.4) is 0 Å². The third-order valence-corrected chi connectivity index (χ3v) is 1.68. The van der Waals surface area contributed by atoms with Crippen molar-refractivity contribution in [2.24, 2.45) is 0 Å². The second-order valence-electron chi connectivity index (χ2n) is 2.10. The van der Waals surface area contributed by atoms with Crippen molar-refractivity contribution in [3.05, 3.63) is 35.4 Å². The molecule has 0 bridgehead atoms. The average molecular weight is 249 g/mol. The van der Waals surface area contributed by atoms with E-state index in [0.717, 1.165) is 0 Å². The summed E-state index contributed by atoms with van der Waals surface area (Å²) >= 11 is 5.51. The smallest absolute Gasteiger partial charge is 0.336 e. The molecule has 0 fully saturated rings. The molecule has 60 valence electrons. The molecule has 1 aromatic rings. The largest absolute Gasteiger partial charge is 0.478 e. The quantitative estimate of drug-likeness (QED) is 0.634. The molecule has 5 heteroatoms. The van der Waals surface area contributed by atoms with Gasteiger partial charge in [0, 0.05) is 109 Å². The Morgan fingerprint density at radius 1 is 1.31 bits per heavy atom. The van der Waals surface area contributed by atoms with Gasteiger partial charge in [0.1, 0.15) is 0 Å². The summed E-state index contributed by atoms with van der Waals surface area (Å²) in [6, 6.07) is 6.69. The molecule has 0 heterocycles. The van der Waals surface area contributed by atoms with E-state index in [0.29, 0.717) is 5.56 Å². The van der Waals surface area contributed by atoms with Crippen molar-refractivity contribution in [1.82, 2.24) is 0 Å². The number of carboxylic acid groups (broad SMARTS) is 1. The van der Waals surface area contributed by atoms with E-state index < -0.39 is 5.97 Å². The summed E-state index contributed by atoms with van der Waals surface area (Å²) in [7, 11) is 0. The van der Waals surface area contributed by atoms with Gasteiger partial charge >= 0.3 is 5.97 Å². The van der Waals surface area contributed by atoms with Crippen molar-refractivity contribution < 1.29 is 9.90 Å². The molecule has 0 unspecified atom stereocenters.